The Kier molecular flexibility index (Phi) is 9.27. The number of para-hydroxylation sites is 2. The Morgan fingerprint density at radius 3 is 1.51 bits per heavy atom. The van der Waals surface area contributed by atoms with Crippen LogP contribution < -0.4 is 4.90 Å². The third-order valence-electron chi connectivity index (χ3n) is 14.5. The van der Waals surface area contributed by atoms with E-state index >= 15 is 0 Å². The van der Waals surface area contributed by atoms with Gasteiger partial charge in [0.25, 0.3) is 0 Å². The van der Waals surface area contributed by atoms with Crippen LogP contribution in [0.15, 0.2) is 237 Å². The van der Waals surface area contributed by atoms with Crippen molar-refractivity contribution >= 4 is 50.8 Å². The lowest BCUT2D eigenvalue weighted by Crippen LogP contribution is -2.16. The van der Waals surface area contributed by atoms with Crippen LogP contribution in [-0.2, 0) is 5.41 Å². The molecule has 0 aromatic heterocycles. The summed E-state index contributed by atoms with van der Waals surface area (Å²) in [5.41, 5.74) is 23.7. The fourth-order valence-electron chi connectivity index (χ4n) is 11.3. The van der Waals surface area contributed by atoms with Crippen molar-refractivity contribution < 1.29 is 0 Å². The highest BCUT2D eigenvalue weighted by Gasteiger charge is 2.36. The van der Waals surface area contributed by atoms with E-state index in [0.29, 0.717) is 0 Å². The third kappa shape index (κ3) is 6.46. The predicted octanol–water partition coefficient (Wildman–Crippen LogP) is 18.6. The van der Waals surface area contributed by atoms with Gasteiger partial charge in [0.05, 0.1) is 0 Å². The summed E-state index contributed by atoms with van der Waals surface area (Å²) in [7, 11) is 0. The van der Waals surface area contributed by atoms with Gasteiger partial charge in [-0.3, -0.25) is 0 Å². The average Bonchev–Trinajstić information content (AvgIpc) is 3.84. The number of anilines is 3. The highest BCUT2D eigenvalue weighted by molar-refractivity contribution is 6.23. The fraction of sp³-hybridized carbons (Fsp3) is 0.0448. The van der Waals surface area contributed by atoms with Gasteiger partial charge in [-0.1, -0.05) is 208 Å². The van der Waals surface area contributed by atoms with E-state index in [1.807, 2.05) is 0 Å². The molecule has 0 saturated carbocycles. The topological polar surface area (TPSA) is 3.24 Å². The molecule has 2 aliphatic rings. The summed E-state index contributed by atoms with van der Waals surface area (Å²) in [4.78, 5) is 2.36. The molecular weight excluding hydrogens is 819 g/mol. The van der Waals surface area contributed by atoms with Gasteiger partial charge in [0.2, 0.25) is 0 Å². The molecular formula is C67H47N. The summed E-state index contributed by atoms with van der Waals surface area (Å²) in [6, 6.07) is 87.2. The fourth-order valence-corrected chi connectivity index (χ4v) is 11.3. The Hall–Kier alpha value is -8.52. The van der Waals surface area contributed by atoms with Crippen LogP contribution in [0.2, 0.25) is 0 Å². The summed E-state index contributed by atoms with van der Waals surface area (Å²) in [6.07, 6.45) is 4.53. The molecule has 0 unspecified atom stereocenters. The highest BCUT2D eigenvalue weighted by Crippen LogP contribution is 2.57. The quantitative estimate of drug-likeness (QED) is 0.138. The predicted molar refractivity (Wildman–Crippen MR) is 290 cm³/mol. The van der Waals surface area contributed by atoms with Gasteiger partial charge in [-0.05, 0) is 165 Å². The molecule has 1 nitrogen and oxygen atoms in total. The maximum Gasteiger partial charge on any atom is 0.0465 e. The van der Waals surface area contributed by atoms with Gasteiger partial charge in [-0.2, -0.15) is 0 Å². The van der Waals surface area contributed by atoms with Crippen LogP contribution in [0.5, 0.6) is 0 Å². The molecule has 0 saturated heterocycles. The van der Waals surface area contributed by atoms with Crippen molar-refractivity contribution in [3.05, 3.63) is 259 Å². The van der Waals surface area contributed by atoms with E-state index in [1.54, 1.807) is 0 Å². The van der Waals surface area contributed by atoms with Crippen molar-refractivity contribution in [2.45, 2.75) is 19.3 Å². The number of nitrogens with zero attached hydrogens (tertiary/aromatic N) is 1. The molecule has 0 N–H and O–H groups in total. The molecule has 13 rings (SSSR count). The second-order valence-corrected chi connectivity index (χ2v) is 18.9. The van der Waals surface area contributed by atoms with Gasteiger partial charge in [0, 0.05) is 22.5 Å². The molecule has 0 bridgehead atoms. The van der Waals surface area contributed by atoms with E-state index in [2.05, 4.69) is 267 Å². The molecule has 0 radical (unpaired) electrons. The first-order valence-electron chi connectivity index (χ1n) is 23.7. The summed E-state index contributed by atoms with van der Waals surface area (Å²) in [6.45, 7) is 4.74. The molecule has 11 aromatic rings. The van der Waals surface area contributed by atoms with Crippen molar-refractivity contribution in [3.8, 4) is 66.8 Å². The van der Waals surface area contributed by atoms with Gasteiger partial charge in [0.15, 0.2) is 0 Å². The first-order chi connectivity index (χ1) is 33.5. The van der Waals surface area contributed by atoms with E-state index in [9.17, 15) is 0 Å². The average molecular weight is 866 g/mol. The van der Waals surface area contributed by atoms with Crippen molar-refractivity contribution in [2.75, 3.05) is 4.90 Å². The van der Waals surface area contributed by atoms with Crippen LogP contribution in [-0.4, -0.2) is 0 Å². The number of rotatable bonds is 8. The minimum absolute atomic E-state index is 0.164. The summed E-state index contributed by atoms with van der Waals surface area (Å²) < 4.78 is 0. The standard InChI is InChI=1S/C67H47N/c1-67(2)61-40-45(32-37-55(61)56-38-36-54(42-62(56)67)68(52-23-11-5-12-24-52)53-25-13-6-14-26-53)30-29-44-31-33-50-41-51(35-34-49(50)39-44)60-43-59(46-17-7-3-8-18-46)65-57-27-15-21-47-22-16-28-58(63(47)57)66(65)64(60)48-19-9-4-10-20-48/h3-43H,1-2H3/b30-29+. The summed E-state index contributed by atoms with van der Waals surface area (Å²) in [5, 5.41) is 5.06. The third-order valence-corrected chi connectivity index (χ3v) is 14.5. The van der Waals surface area contributed by atoms with Gasteiger partial charge < -0.3 is 4.90 Å². The zero-order valence-corrected chi connectivity index (χ0v) is 38.1. The van der Waals surface area contributed by atoms with Crippen LogP contribution in [0.4, 0.5) is 17.1 Å². The van der Waals surface area contributed by atoms with E-state index in [4.69, 9.17) is 0 Å². The van der Waals surface area contributed by atoms with Crippen LogP contribution in [0.25, 0.3) is 100 Å². The lowest BCUT2D eigenvalue weighted by molar-refractivity contribution is 0.660. The van der Waals surface area contributed by atoms with E-state index in [0.717, 1.165) is 17.1 Å². The van der Waals surface area contributed by atoms with E-state index < -0.39 is 0 Å². The SMILES string of the molecule is CC1(C)c2cc(/C=C/c3ccc4cc(-c5cc(-c6ccccc6)c6c(c5-c5ccccc5)-c5cccc7cccc-6c57)ccc4c3)ccc2-c2ccc(N(c3ccccc3)c3ccccc3)cc21. The van der Waals surface area contributed by atoms with Crippen LogP contribution >= 0.6 is 0 Å². The number of hydrogen-bond donors (Lipinski definition) is 0. The molecule has 0 aliphatic heterocycles. The molecule has 68 heavy (non-hydrogen) atoms. The largest absolute Gasteiger partial charge is 0.310 e. The Labute approximate surface area is 398 Å². The van der Waals surface area contributed by atoms with Gasteiger partial charge in [-0.25, -0.2) is 0 Å². The molecule has 2 aliphatic carbocycles. The zero-order valence-electron chi connectivity index (χ0n) is 38.1. The van der Waals surface area contributed by atoms with Crippen molar-refractivity contribution in [2.24, 2.45) is 0 Å². The Morgan fingerprint density at radius 2 is 0.838 bits per heavy atom. The van der Waals surface area contributed by atoms with Gasteiger partial charge in [-0.15, -0.1) is 0 Å². The smallest absolute Gasteiger partial charge is 0.0465 e. The number of fused-ring (bicyclic) bond motifs is 7. The summed E-state index contributed by atoms with van der Waals surface area (Å²) in [5.74, 6) is 0. The minimum atomic E-state index is -0.164. The molecule has 11 aromatic carbocycles. The molecule has 0 amide bonds. The molecule has 0 spiro atoms. The normalized spacial score (nSPS) is 12.9. The van der Waals surface area contributed by atoms with Gasteiger partial charge in [0.1, 0.15) is 0 Å². The number of benzene rings is 11. The number of hydrogen-bond acceptors (Lipinski definition) is 1. The molecule has 320 valence electrons. The van der Waals surface area contributed by atoms with E-state index in [-0.39, 0.29) is 5.41 Å². The maximum absolute atomic E-state index is 2.46. The lowest BCUT2D eigenvalue weighted by atomic mass is 9.81. The van der Waals surface area contributed by atoms with Crippen LogP contribution in [0.3, 0.4) is 0 Å². The van der Waals surface area contributed by atoms with Crippen molar-refractivity contribution in [1.82, 2.24) is 0 Å². The zero-order chi connectivity index (χ0) is 45.3. The van der Waals surface area contributed by atoms with Crippen molar-refractivity contribution in [1.29, 1.82) is 0 Å². The molecule has 1 heteroatoms. The van der Waals surface area contributed by atoms with Crippen molar-refractivity contribution in [3.63, 3.8) is 0 Å². The lowest BCUT2D eigenvalue weighted by Gasteiger charge is -2.28. The molecule has 0 heterocycles. The van der Waals surface area contributed by atoms with Crippen LogP contribution in [0, 0.1) is 0 Å². The first-order valence-corrected chi connectivity index (χ1v) is 23.7. The van der Waals surface area contributed by atoms with Crippen LogP contribution in [0.1, 0.15) is 36.1 Å². The second kappa shape index (κ2) is 15.8. The Morgan fingerprint density at radius 1 is 0.309 bits per heavy atom. The Balaban J connectivity index is 0.852. The monoisotopic (exact) mass is 865 g/mol. The summed E-state index contributed by atoms with van der Waals surface area (Å²) >= 11 is 0. The maximum atomic E-state index is 2.46. The molecule has 0 atom stereocenters. The minimum Gasteiger partial charge on any atom is -0.310 e. The van der Waals surface area contributed by atoms with E-state index in [1.165, 1.54) is 111 Å². The highest BCUT2D eigenvalue weighted by atomic mass is 15.1. The van der Waals surface area contributed by atoms with Gasteiger partial charge >= 0.3 is 0 Å². The second-order valence-electron chi connectivity index (χ2n) is 18.9. The molecule has 0 fully saturated rings. The Bertz CT molecular complexity index is 3740. The first kappa shape index (κ1) is 39.8.